The van der Waals surface area contributed by atoms with Crippen molar-refractivity contribution in [1.29, 1.82) is 0 Å². The van der Waals surface area contributed by atoms with Crippen LogP contribution in [0.4, 0.5) is 0 Å². The number of nitrogens with one attached hydrogen (secondary N) is 1. The van der Waals surface area contributed by atoms with Crippen LogP contribution in [0.5, 0.6) is 0 Å². The van der Waals surface area contributed by atoms with E-state index in [-0.39, 0.29) is 0 Å². The number of hydrogen-bond acceptors (Lipinski definition) is 2. The van der Waals surface area contributed by atoms with Gasteiger partial charge in [-0.3, -0.25) is 0 Å². The van der Waals surface area contributed by atoms with E-state index in [9.17, 15) is 0 Å². The van der Waals surface area contributed by atoms with Gasteiger partial charge in [-0.05, 0) is 38.6 Å². The fourth-order valence-electron chi connectivity index (χ4n) is 2.17. The van der Waals surface area contributed by atoms with Crippen LogP contribution in [0.15, 0.2) is 12.4 Å². The number of hydrogen-bond donors (Lipinski definition) is 1. The smallest absolute Gasteiger partial charge is 0.108 e. The lowest BCUT2D eigenvalue weighted by molar-refractivity contribution is 0.544. The molecule has 1 saturated carbocycles. The van der Waals surface area contributed by atoms with Gasteiger partial charge in [-0.15, -0.1) is 0 Å². The molecule has 96 valence electrons. The van der Waals surface area contributed by atoms with Crippen molar-refractivity contribution >= 4 is 0 Å². The lowest BCUT2D eigenvalue weighted by Crippen LogP contribution is -2.17. The Morgan fingerprint density at radius 1 is 1.35 bits per heavy atom. The molecular formula is C14H25N3. The van der Waals surface area contributed by atoms with E-state index in [0.29, 0.717) is 0 Å². The minimum Gasteiger partial charge on any atom is -0.335 e. The molecule has 0 bridgehead atoms. The molecule has 1 aliphatic rings. The van der Waals surface area contributed by atoms with Crippen molar-refractivity contribution in [1.82, 2.24) is 14.9 Å². The third-order valence-corrected chi connectivity index (χ3v) is 3.36. The predicted molar refractivity (Wildman–Crippen MR) is 71.1 cm³/mol. The quantitative estimate of drug-likeness (QED) is 0.667. The molecule has 0 radical (unpaired) electrons. The molecule has 1 N–H and O–H groups in total. The number of rotatable bonds is 9. The average Bonchev–Trinajstić information content (AvgIpc) is 3.05. The van der Waals surface area contributed by atoms with Crippen LogP contribution < -0.4 is 5.32 Å². The fourth-order valence-corrected chi connectivity index (χ4v) is 2.17. The van der Waals surface area contributed by atoms with Crippen LogP contribution >= 0.6 is 0 Å². The molecule has 0 spiro atoms. The van der Waals surface area contributed by atoms with Gasteiger partial charge in [0.05, 0.1) is 0 Å². The summed E-state index contributed by atoms with van der Waals surface area (Å²) >= 11 is 0. The van der Waals surface area contributed by atoms with Gasteiger partial charge in [0.2, 0.25) is 0 Å². The van der Waals surface area contributed by atoms with Gasteiger partial charge in [-0.2, -0.15) is 0 Å². The van der Waals surface area contributed by atoms with Crippen LogP contribution in [0.3, 0.4) is 0 Å². The zero-order valence-corrected chi connectivity index (χ0v) is 11.0. The van der Waals surface area contributed by atoms with Gasteiger partial charge < -0.3 is 9.88 Å². The summed E-state index contributed by atoms with van der Waals surface area (Å²) in [4.78, 5) is 4.40. The Hall–Kier alpha value is -0.830. The fraction of sp³-hybridized carbons (Fsp3) is 0.786. The Labute approximate surface area is 105 Å². The van der Waals surface area contributed by atoms with Crippen molar-refractivity contribution in [2.24, 2.45) is 0 Å². The van der Waals surface area contributed by atoms with Gasteiger partial charge in [0.25, 0.3) is 0 Å². The summed E-state index contributed by atoms with van der Waals surface area (Å²) in [5.74, 6) is 1.25. The monoisotopic (exact) mass is 235 g/mol. The average molecular weight is 235 g/mol. The van der Waals surface area contributed by atoms with E-state index < -0.39 is 0 Å². The van der Waals surface area contributed by atoms with E-state index in [4.69, 9.17) is 0 Å². The number of imidazole rings is 1. The molecule has 3 heteroatoms. The van der Waals surface area contributed by atoms with Gasteiger partial charge >= 0.3 is 0 Å². The first-order chi connectivity index (χ1) is 8.40. The van der Waals surface area contributed by atoms with Crippen LogP contribution in [-0.4, -0.2) is 22.1 Å². The SMILES string of the molecule is CCCc1nccn1CCCCCNC1CC1. The van der Waals surface area contributed by atoms with Crippen molar-refractivity contribution in [3.63, 3.8) is 0 Å². The molecule has 0 unspecified atom stereocenters. The number of nitrogens with zero attached hydrogens (tertiary/aromatic N) is 2. The van der Waals surface area contributed by atoms with Crippen LogP contribution in [0.1, 0.15) is 51.3 Å². The summed E-state index contributed by atoms with van der Waals surface area (Å²) in [5, 5.41) is 3.56. The minimum atomic E-state index is 0.861. The lowest BCUT2D eigenvalue weighted by atomic mass is 10.2. The largest absolute Gasteiger partial charge is 0.335 e. The first-order valence-corrected chi connectivity index (χ1v) is 7.13. The highest BCUT2D eigenvalue weighted by molar-refractivity contribution is 4.92. The van der Waals surface area contributed by atoms with Gasteiger partial charge in [0.15, 0.2) is 0 Å². The van der Waals surface area contributed by atoms with Crippen molar-refractivity contribution in [3.8, 4) is 0 Å². The van der Waals surface area contributed by atoms with Gasteiger partial charge in [-0.1, -0.05) is 13.3 Å². The van der Waals surface area contributed by atoms with Crippen LogP contribution in [0.2, 0.25) is 0 Å². The van der Waals surface area contributed by atoms with Crippen molar-refractivity contribution in [3.05, 3.63) is 18.2 Å². The van der Waals surface area contributed by atoms with Gasteiger partial charge in [-0.25, -0.2) is 4.98 Å². The number of aryl methyl sites for hydroxylation is 2. The minimum absolute atomic E-state index is 0.861. The number of aromatic nitrogens is 2. The topological polar surface area (TPSA) is 29.9 Å². The summed E-state index contributed by atoms with van der Waals surface area (Å²) in [6.45, 7) is 4.55. The Bertz CT molecular complexity index is 315. The molecule has 1 aliphatic carbocycles. The van der Waals surface area contributed by atoms with E-state index in [1.807, 2.05) is 6.20 Å². The highest BCUT2D eigenvalue weighted by Gasteiger charge is 2.19. The second-order valence-electron chi connectivity index (χ2n) is 5.08. The molecular weight excluding hydrogens is 210 g/mol. The Kier molecular flexibility index (Phi) is 5.05. The van der Waals surface area contributed by atoms with E-state index in [2.05, 4.69) is 28.0 Å². The summed E-state index contributed by atoms with van der Waals surface area (Å²) in [7, 11) is 0. The highest BCUT2D eigenvalue weighted by Crippen LogP contribution is 2.18. The molecule has 1 aromatic heterocycles. The van der Waals surface area contributed by atoms with E-state index in [0.717, 1.165) is 19.0 Å². The Morgan fingerprint density at radius 3 is 3.00 bits per heavy atom. The summed E-state index contributed by atoms with van der Waals surface area (Å²) in [5.41, 5.74) is 0. The van der Waals surface area contributed by atoms with E-state index in [1.54, 1.807) is 0 Å². The molecule has 2 rings (SSSR count). The maximum Gasteiger partial charge on any atom is 0.108 e. The van der Waals surface area contributed by atoms with Crippen molar-refractivity contribution < 1.29 is 0 Å². The molecule has 1 heterocycles. The number of unbranched alkanes of at least 4 members (excludes halogenated alkanes) is 2. The maximum atomic E-state index is 4.40. The zero-order valence-electron chi connectivity index (χ0n) is 11.0. The van der Waals surface area contributed by atoms with Gasteiger partial charge in [0.1, 0.15) is 5.82 Å². The Balaban J connectivity index is 1.55. The normalized spacial score (nSPS) is 15.4. The molecule has 0 aliphatic heterocycles. The summed E-state index contributed by atoms with van der Waals surface area (Å²) < 4.78 is 2.32. The van der Waals surface area contributed by atoms with E-state index >= 15 is 0 Å². The molecule has 0 saturated heterocycles. The molecule has 3 nitrogen and oxygen atoms in total. The maximum absolute atomic E-state index is 4.40. The lowest BCUT2D eigenvalue weighted by Gasteiger charge is -2.07. The first kappa shape index (κ1) is 12.6. The molecule has 1 aromatic rings. The molecule has 0 aromatic carbocycles. The van der Waals surface area contributed by atoms with Crippen molar-refractivity contribution in [2.75, 3.05) is 6.54 Å². The first-order valence-electron chi connectivity index (χ1n) is 7.13. The standard InChI is InChI=1S/C14H25N3/c1-2-6-14-16-10-12-17(14)11-5-3-4-9-15-13-7-8-13/h10,12-13,15H,2-9,11H2,1H3. The highest BCUT2D eigenvalue weighted by atomic mass is 15.1. The summed E-state index contributed by atoms with van der Waals surface area (Å²) in [6, 6.07) is 0.861. The molecule has 0 atom stereocenters. The van der Waals surface area contributed by atoms with Crippen LogP contribution in [0, 0.1) is 0 Å². The van der Waals surface area contributed by atoms with Crippen LogP contribution in [-0.2, 0) is 13.0 Å². The second kappa shape index (κ2) is 6.80. The Morgan fingerprint density at radius 2 is 2.24 bits per heavy atom. The predicted octanol–water partition coefficient (Wildman–Crippen LogP) is 2.76. The zero-order chi connectivity index (χ0) is 11.9. The molecule has 0 amide bonds. The third-order valence-electron chi connectivity index (χ3n) is 3.36. The van der Waals surface area contributed by atoms with Crippen molar-refractivity contribution in [2.45, 2.75) is 64.5 Å². The third kappa shape index (κ3) is 4.50. The van der Waals surface area contributed by atoms with Crippen LogP contribution in [0.25, 0.3) is 0 Å². The van der Waals surface area contributed by atoms with Gasteiger partial charge in [0, 0.05) is 31.4 Å². The molecule has 1 fully saturated rings. The summed E-state index contributed by atoms with van der Waals surface area (Å²) in [6.07, 6.45) is 13.0. The second-order valence-corrected chi connectivity index (χ2v) is 5.08. The van der Waals surface area contributed by atoms with E-state index in [1.165, 1.54) is 50.9 Å². The molecule has 17 heavy (non-hydrogen) atoms.